The monoisotopic (exact) mass is 311 g/mol. The van der Waals surface area contributed by atoms with Crippen molar-refractivity contribution < 1.29 is 0 Å². The van der Waals surface area contributed by atoms with Crippen LogP contribution in [0.3, 0.4) is 0 Å². The van der Waals surface area contributed by atoms with E-state index in [1.807, 2.05) is 18.2 Å². The van der Waals surface area contributed by atoms with E-state index in [-0.39, 0.29) is 0 Å². The van der Waals surface area contributed by atoms with Crippen molar-refractivity contribution in [1.82, 2.24) is 10.7 Å². The molecule has 0 aliphatic rings. The average molecular weight is 311 g/mol. The molecule has 114 valence electrons. The molecule has 0 unspecified atom stereocenters. The Labute approximate surface area is 137 Å². The van der Waals surface area contributed by atoms with Gasteiger partial charge in [-0.3, -0.25) is 5.43 Å². The summed E-state index contributed by atoms with van der Waals surface area (Å²) >= 11 is 5.26. The van der Waals surface area contributed by atoms with Gasteiger partial charge < -0.3 is 5.32 Å². The molecule has 0 aromatic heterocycles. The van der Waals surface area contributed by atoms with Crippen molar-refractivity contribution in [3.8, 4) is 0 Å². The summed E-state index contributed by atoms with van der Waals surface area (Å²) in [6, 6.07) is 18.5. The van der Waals surface area contributed by atoms with Gasteiger partial charge in [0.15, 0.2) is 5.11 Å². The van der Waals surface area contributed by atoms with Crippen LogP contribution in [-0.4, -0.2) is 10.8 Å². The molecule has 2 aromatic carbocycles. The van der Waals surface area contributed by atoms with Gasteiger partial charge in [-0.1, -0.05) is 67.1 Å². The zero-order chi connectivity index (χ0) is 15.8. The third-order valence-corrected chi connectivity index (χ3v) is 3.54. The van der Waals surface area contributed by atoms with Crippen LogP contribution in [0.1, 0.15) is 30.0 Å². The molecule has 0 saturated heterocycles. The maximum Gasteiger partial charge on any atom is 0.187 e. The second kappa shape index (κ2) is 8.29. The maximum absolute atomic E-state index is 5.26. The number of hydrogen-bond donors (Lipinski definition) is 2. The fourth-order valence-corrected chi connectivity index (χ4v) is 2.15. The van der Waals surface area contributed by atoms with E-state index in [9.17, 15) is 0 Å². The first-order chi connectivity index (χ1) is 10.7. The summed E-state index contributed by atoms with van der Waals surface area (Å²) in [6.07, 6.45) is 0.845. The van der Waals surface area contributed by atoms with E-state index in [1.165, 1.54) is 11.1 Å². The molecule has 3 nitrogen and oxygen atoms in total. The van der Waals surface area contributed by atoms with Gasteiger partial charge in [0.1, 0.15) is 0 Å². The smallest absolute Gasteiger partial charge is 0.187 e. The van der Waals surface area contributed by atoms with Crippen molar-refractivity contribution in [3.63, 3.8) is 0 Å². The van der Waals surface area contributed by atoms with Crippen molar-refractivity contribution in [2.24, 2.45) is 5.10 Å². The number of hydrogen-bond acceptors (Lipinski definition) is 2. The SMILES string of the molecule is CC/C(=N/NC(=S)NCc1ccccc1)c1ccc(C)cc1. The van der Waals surface area contributed by atoms with Crippen LogP contribution in [0.4, 0.5) is 0 Å². The molecular formula is C18H21N3S. The van der Waals surface area contributed by atoms with Crippen LogP contribution in [0.25, 0.3) is 0 Å². The van der Waals surface area contributed by atoms with Gasteiger partial charge in [-0.05, 0) is 36.7 Å². The van der Waals surface area contributed by atoms with E-state index in [0.717, 1.165) is 17.7 Å². The van der Waals surface area contributed by atoms with E-state index in [0.29, 0.717) is 11.7 Å². The Morgan fingerprint density at radius 1 is 1.05 bits per heavy atom. The van der Waals surface area contributed by atoms with Crippen molar-refractivity contribution in [3.05, 3.63) is 71.3 Å². The molecule has 2 aromatic rings. The Morgan fingerprint density at radius 2 is 1.73 bits per heavy atom. The lowest BCUT2D eigenvalue weighted by Crippen LogP contribution is -2.32. The van der Waals surface area contributed by atoms with Gasteiger partial charge in [-0.2, -0.15) is 5.10 Å². The number of hydrazone groups is 1. The van der Waals surface area contributed by atoms with Crippen LogP contribution in [0.15, 0.2) is 59.7 Å². The fraction of sp³-hybridized carbons (Fsp3) is 0.222. The summed E-state index contributed by atoms with van der Waals surface area (Å²) in [4.78, 5) is 0. The molecule has 0 fully saturated rings. The van der Waals surface area contributed by atoms with Gasteiger partial charge >= 0.3 is 0 Å². The highest BCUT2D eigenvalue weighted by molar-refractivity contribution is 7.80. The van der Waals surface area contributed by atoms with Gasteiger partial charge in [-0.15, -0.1) is 0 Å². The Balaban J connectivity index is 1.91. The second-order valence-corrected chi connectivity index (χ2v) is 5.47. The fourth-order valence-electron chi connectivity index (χ4n) is 2.03. The van der Waals surface area contributed by atoms with E-state index in [4.69, 9.17) is 12.2 Å². The first kappa shape index (κ1) is 16.2. The zero-order valence-corrected chi connectivity index (χ0v) is 13.8. The summed E-state index contributed by atoms with van der Waals surface area (Å²) in [7, 11) is 0. The molecule has 0 radical (unpaired) electrons. The molecule has 0 atom stereocenters. The van der Waals surface area contributed by atoms with Crippen LogP contribution in [0, 0.1) is 6.92 Å². The zero-order valence-electron chi connectivity index (χ0n) is 13.0. The molecule has 0 amide bonds. The maximum atomic E-state index is 5.26. The molecule has 2 rings (SSSR count). The van der Waals surface area contributed by atoms with E-state index < -0.39 is 0 Å². The van der Waals surface area contributed by atoms with Crippen molar-refractivity contribution in [2.45, 2.75) is 26.8 Å². The number of nitrogens with one attached hydrogen (secondary N) is 2. The highest BCUT2D eigenvalue weighted by atomic mass is 32.1. The predicted molar refractivity (Wildman–Crippen MR) is 97.0 cm³/mol. The van der Waals surface area contributed by atoms with Gasteiger partial charge in [0.25, 0.3) is 0 Å². The van der Waals surface area contributed by atoms with Crippen molar-refractivity contribution in [2.75, 3.05) is 0 Å². The minimum absolute atomic E-state index is 0.530. The van der Waals surface area contributed by atoms with E-state index in [1.54, 1.807) is 0 Å². The third kappa shape index (κ3) is 4.97. The molecule has 4 heteroatoms. The first-order valence-corrected chi connectivity index (χ1v) is 7.81. The molecule has 0 heterocycles. The number of aryl methyl sites for hydroxylation is 1. The van der Waals surface area contributed by atoms with Crippen molar-refractivity contribution >= 4 is 23.0 Å². The number of thiocarbonyl (C=S) groups is 1. The largest absolute Gasteiger partial charge is 0.357 e. The van der Waals surface area contributed by atoms with E-state index >= 15 is 0 Å². The number of rotatable bonds is 5. The predicted octanol–water partition coefficient (Wildman–Crippen LogP) is 3.77. The molecule has 2 N–H and O–H groups in total. The number of nitrogens with zero attached hydrogens (tertiary/aromatic N) is 1. The Hall–Kier alpha value is -2.20. The van der Waals surface area contributed by atoms with Crippen LogP contribution in [0.2, 0.25) is 0 Å². The minimum Gasteiger partial charge on any atom is -0.357 e. The molecule has 0 aliphatic carbocycles. The molecule has 22 heavy (non-hydrogen) atoms. The van der Waals surface area contributed by atoms with Gasteiger partial charge in [-0.25, -0.2) is 0 Å². The van der Waals surface area contributed by atoms with E-state index in [2.05, 4.69) is 66.1 Å². The van der Waals surface area contributed by atoms with Crippen LogP contribution >= 0.6 is 12.2 Å². The molecule has 0 aliphatic heterocycles. The summed E-state index contributed by atoms with van der Waals surface area (Å²) in [5.74, 6) is 0. The van der Waals surface area contributed by atoms with Gasteiger partial charge in [0.2, 0.25) is 0 Å². The molecule has 0 spiro atoms. The molecular weight excluding hydrogens is 290 g/mol. The topological polar surface area (TPSA) is 36.4 Å². The summed E-state index contributed by atoms with van der Waals surface area (Å²) < 4.78 is 0. The minimum atomic E-state index is 0.530. The Kier molecular flexibility index (Phi) is 6.10. The molecule has 0 saturated carbocycles. The first-order valence-electron chi connectivity index (χ1n) is 7.40. The van der Waals surface area contributed by atoms with Crippen LogP contribution < -0.4 is 10.7 Å². The highest BCUT2D eigenvalue weighted by Crippen LogP contribution is 2.06. The number of benzene rings is 2. The average Bonchev–Trinajstić information content (AvgIpc) is 2.56. The lowest BCUT2D eigenvalue weighted by Gasteiger charge is -2.09. The Bertz CT molecular complexity index is 633. The lowest BCUT2D eigenvalue weighted by molar-refractivity contribution is 0.864. The van der Waals surface area contributed by atoms with Crippen molar-refractivity contribution in [1.29, 1.82) is 0 Å². The normalized spacial score (nSPS) is 11.1. The van der Waals surface area contributed by atoms with Crippen LogP contribution in [-0.2, 0) is 6.54 Å². The van der Waals surface area contributed by atoms with Gasteiger partial charge in [0.05, 0.1) is 5.71 Å². The second-order valence-electron chi connectivity index (χ2n) is 5.06. The molecule has 0 bridgehead atoms. The quantitative estimate of drug-likeness (QED) is 0.501. The Morgan fingerprint density at radius 3 is 2.36 bits per heavy atom. The van der Waals surface area contributed by atoms with Crippen LogP contribution in [0.5, 0.6) is 0 Å². The standard InChI is InChI=1S/C18H21N3S/c1-3-17(16-11-9-14(2)10-12-16)20-21-18(22)19-13-15-7-5-4-6-8-15/h4-12H,3,13H2,1-2H3,(H2,19,21,22)/b20-17-. The third-order valence-electron chi connectivity index (χ3n) is 3.31. The lowest BCUT2D eigenvalue weighted by atomic mass is 10.1. The summed E-state index contributed by atoms with van der Waals surface area (Å²) in [5, 5.41) is 8.10. The highest BCUT2D eigenvalue weighted by Gasteiger charge is 2.01. The summed E-state index contributed by atoms with van der Waals surface area (Å²) in [6.45, 7) is 4.85. The summed E-state index contributed by atoms with van der Waals surface area (Å²) in [5.41, 5.74) is 7.46. The van der Waals surface area contributed by atoms with Gasteiger partial charge in [0, 0.05) is 6.54 Å².